The van der Waals surface area contributed by atoms with Crippen LogP contribution in [0.4, 0.5) is 5.69 Å². The molecule has 0 spiro atoms. The Morgan fingerprint density at radius 3 is 2.78 bits per heavy atom. The van der Waals surface area contributed by atoms with Gasteiger partial charge in [0.2, 0.25) is 0 Å². The van der Waals surface area contributed by atoms with Gasteiger partial charge >= 0.3 is 0 Å². The maximum atomic E-state index is 11.2. The Balaban J connectivity index is 2.39. The van der Waals surface area contributed by atoms with E-state index in [1.54, 1.807) is 30.6 Å². The van der Waals surface area contributed by atoms with Crippen molar-refractivity contribution in [2.24, 2.45) is 5.73 Å². The van der Waals surface area contributed by atoms with E-state index in [0.717, 1.165) is 0 Å². The first-order chi connectivity index (χ1) is 8.58. The molecule has 0 saturated carbocycles. The molecule has 0 bridgehead atoms. The number of rotatable bonds is 3. The van der Waals surface area contributed by atoms with E-state index in [-0.39, 0.29) is 5.56 Å². The van der Waals surface area contributed by atoms with Gasteiger partial charge in [0.25, 0.3) is 5.91 Å². The van der Waals surface area contributed by atoms with Gasteiger partial charge in [-0.2, -0.15) is 0 Å². The number of primary amides is 1. The Kier molecular flexibility index (Phi) is 3.47. The molecule has 0 aliphatic rings. The van der Waals surface area contributed by atoms with E-state index in [2.05, 4.69) is 20.9 Å². The van der Waals surface area contributed by atoms with Crippen LogP contribution in [0.5, 0.6) is 11.5 Å². The zero-order valence-electron chi connectivity index (χ0n) is 9.26. The summed E-state index contributed by atoms with van der Waals surface area (Å²) < 4.78 is 6.22. The van der Waals surface area contributed by atoms with Gasteiger partial charge in [0.1, 0.15) is 11.5 Å². The van der Waals surface area contributed by atoms with Gasteiger partial charge < -0.3 is 16.2 Å². The van der Waals surface area contributed by atoms with Gasteiger partial charge in [-0.3, -0.25) is 9.78 Å². The van der Waals surface area contributed by atoms with Crippen molar-refractivity contribution in [3.63, 3.8) is 0 Å². The fraction of sp³-hybridized carbons (Fsp3) is 0. The fourth-order valence-electron chi connectivity index (χ4n) is 1.39. The van der Waals surface area contributed by atoms with Crippen molar-refractivity contribution in [3.8, 4) is 11.5 Å². The van der Waals surface area contributed by atoms with Gasteiger partial charge in [-0.15, -0.1) is 0 Å². The van der Waals surface area contributed by atoms with E-state index in [0.29, 0.717) is 21.7 Å². The maximum Gasteiger partial charge on any atom is 0.250 e. The quantitative estimate of drug-likeness (QED) is 0.851. The molecule has 18 heavy (non-hydrogen) atoms. The number of aromatic nitrogens is 1. The number of halogens is 1. The van der Waals surface area contributed by atoms with Gasteiger partial charge in [0.15, 0.2) is 0 Å². The SMILES string of the molecule is NC(=O)c1cc(Oc2cccnc2)c(Br)cc1N. The third-order valence-electron chi connectivity index (χ3n) is 2.23. The molecule has 1 aromatic carbocycles. The van der Waals surface area contributed by atoms with Gasteiger partial charge in [-0.1, -0.05) is 0 Å². The van der Waals surface area contributed by atoms with E-state index < -0.39 is 5.91 Å². The van der Waals surface area contributed by atoms with Crippen molar-refractivity contribution in [3.05, 3.63) is 46.7 Å². The molecule has 2 aromatic rings. The zero-order valence-corrected chi connectivity index (χ0v) is 10.8. The summed E-state index contributed by atoms with van der Waals surface area (Å²) in [6, 6.07) is 6.57. The second-order valence-electron chi connectivity index (χ2n) is 3.52. The van der Waals surface area contributed by atoms with Crippen LogP contribution in [0.1, 0.15) is 10.4 Å². The minimum atomic E-state index is -0.601. The first-order valence-electron chi connectivity index (χ1n) is 5.04. The molecule has 1 aromatic heterocycles. The van der Waals surface area contributed by atoms with E-state index in [4.69, 9.17) is 16.2 Å². The van der Waals surface area contributed by atoms with Crippen molar-refractivity contribution < 1.29 is 9.53 Å². The average molecular weight is 308 g/mol. The van der Waals surface area contributed by atoms with Crippen LogP contribution in [0, 0.1) is 0 Å². The molecule has 1 amide bonds. The number of nitrogens with two attached hydrogens (primary N) is 2. The Bertz CT molecular complexity index is 587. The number of benzene rings is 1. The molecule has 4 N–H and O–H groups in total. The lowest BCUT2D eigenvalue weighted by Gasteiger charge is -2.10. The third-order valence-corrected chi connectivity index (χ3v) is 2.85. The molecule has 6 heteroatoms. The lowest BCUT2D eigenvalue weighted by molar-refractivity contribution is 0.100. The van der Waals surface area contributed by atoms with Gasteiger partial charge in [0, 0.05) is 11.9 Å². The monoisotopic (exact) mass is 307 g/mol. The summed E-state index contributed by atoms with van der Waals surface area (Å²) in [6.07, 6.45) is 3.20. The number of hydrogen-bond acceptors (Lipinski definition) is 4. The Morgan fingerprint density at radius 2 is 2.17 bits per heavy atom. The number of pyridine rings is 1. The fourth-order valence-corrected chi connectivity index (χ4v) is 1.84. The summed E-state index contributed by atoms with van der Waals surface area (Å²) >= 11 is 3.31. The molecule has 0 radical (unpaired) electrons. The summed E-state index contributed by atoms with van der Waals surface area (Å²) in [5.74, 6) is 0.403. The maximum absolute atomic E-state index is 11.2. The highest BCUT2D eigenvalue weighted by Crippen LogP contribution is 2.33. The highest BCUT2D eigenvalue weighted by Gasteiger charge is 2.12. The summed E-state index contributed by atoms with van der Waals surface area (Å²) in [5, 5.41) is 0. The van der Waals surface area contributed by atoms with Gasteiger partial charge in [0.05, 0.1) is 16.2 Å². The predicted octanol–water partition coefficient (Wildman–Crippen LogP) is 2.32. The van der Waals surface area contributed by atoms with E-state index in [9.17, 15) is 4.79 Å². The van der Waals surface area contributed by atoms with Crippen molar-refractivity contribution in [1.29, 1.82) is 0 Å². The Labute approximate surface area is 112 Å². The van der Waals surface area contributed by atoms with Gasteiger partial charge in [-0.05, 0) is 40.2 Å². The molecule has 0 fully saturated rings. The molecule has 2 rings (SSSR count). The molecule has 1 heterocycles. The van der Waals surface area contributed by atoms with Crippen molar-refractivity contribution in [2.75, 3.05) is 5.73 Å². The largest absolute Gasteiger partial charge is 0.455 e. The highest BCUT2D eigenvalue weighted by atomic mass is 79.9. The number of carbonyl (C=O) groups excluding carboxylic acids is 1. The highest BCUT2D eigenvalue weighted by molar-refractivity contribution is 9.10. The standard InChI is InChI=1S/C12H10BrN3O2/c13-9-5-10(14)8(12(15)17)4-11(9)18-7-2-1-3-16-6-7/h1-6H,14H2,(H2,15,17). The number of ether oxygens (including phenoxy) is 1. The second kappa shape index (κ2) is 5.05. The van der Waals surface area contributed by atoms with E-state index in [1.165, 1.54) is 6.07 Å². The number of amides is 1. The van der Waals surface area contributed by atoms with Crippen molar-refractivity contribution in [2.45, 2.75) is 0 Å². The van der Waals surface area contributed by atoms with Crippen molar-refractivity contribution in [1.82, 2.24) is 4.98 Å². The normalized spacial score (nSPS) is 10.1. The van der Waals surface area contributed by atoms with Gasteiger partial charge in [-0.25, -0.2) is 0 Å². The molecule has 0 unspecified atom stereocenters. The molecule has 0 aliphatic heterocycles. The number of hydrogen-bond donors (Lipinski definition) is 2. The summed E-state index contributed by atoms with van der Waals surface area (Å²) in [4.78, 5) is 15.1. The summed E-state index contributed by atoms with van der Waals surface area (Å²) in [6.45, 7) is 0. The van der Waals surface area contributed by atoms with Crippen molar-refractivity contribution >= 4 is 27.5 Å². The first-order valence-corrected chi connectivity index (χ1v) is 5.84. The number of nitrogen functional groups attached to an aromatic ring is 1. The minimum Gasteiger partial charge on any atom is -0.455 e. The lowest BCUT2D eigenvalue weighted by Crippen LogP contribution is -2.13. The summed E-state index contributed by atoms with van der Waals surface area (Å²) in [7, 11) is 0. The topological polar surface area (TPSA) is 91.2 Å². The smallest absolute Gasteiger partial charge is 0.250 e. The minimum absolute atomic E-state index is 0.220. The number of anilines is 1. The van der Waals surface area contributed by atoms with Crippen LogP contribution < -0.4 is 16.2 Å². The van der Waals surface area contributed by atoms with Crippen LogP contribution >= 0.6 is 15.9 Å². The molecular weight excluding hydrogens is 298 g/mol. The molecule has 0 saturated heterocycles. The molecule has 5 nitrogen and oxygen atoms in total. The lowest BCUT2D eigenvalue weighted by atomic mass is 10.1. The Morgan fingerprint density at radius 1 is 1.39 bits per heavy atom. The third kappa shape index (κ3) is 2.60. The molecule has 92 valence electrons. The van der Waals surface area contributed by atoms with Crippen LogP contribution in [0.3, 0.4) is 0 Å². The molecular formula is C12H10BrN3O2. The summed E-state index contributed by atoms with van der Waals surface area (Å²) in [5.41, 5.74) is 11.4. The van der Waals surface area contributed by atoms with Crippen LogP contribution in [0.15, 0.2) is 41.1 Å². The molecule has 0 atom stereocenters. The van der Waals surface area contributed by atoms with Crippen LogP contribution in [0.25, 0.3) is 0 Å². The van der Waals surface area contributed by atoms with Crippen LogP contribution in [0.2, 0.25) is 0 Å². The zero-order chi connectivity index (χ0) is 13.1. The Hall–Kier alpha value is -2.08. The van der Waals surface area contributed by atoms with Crippen LogP contribution in [-0.4, -0.2) is 10.9 Å². The number of carbonyl (C=O) groups is 1. The molecule has 0 aliphatic carbocycles. The van der Waals surface area contributed by atoms with E-state index in [1.807, 2.05) is 0 Å². The average Bonchev–Trinajstić information content (AvgIpc) is 2.33. The van der Waals surface area contributed by atoms with Crippen LogP contribution in [-0.2, 0) is 0 Å². The first kappa shape index (κ1) is 12.4. The number of nitrogens with zero attached hydrogens (tertiary/aromatic N) is 1. The van der Waals surface area contributed by atoms with E-state index >= 15 is 0 Å². The second-order valence-corrected chi connectivity index (χ2v) is 4.38. The predicted molar refractivity (Wildman–Crippen MR) is 71.4 cm³/mol.